The van der Waals surface area contributed by atoms with E-state index < -0.39 is 11.0 Å². The number of aromatic nitrogens is 2. The highest BCUT2D eigenvalue weighted by atomic mass is 16.6. The summed E-state index contributed by atoms with van der Waals surface area (Å²) in [5.74, 6) is 0.365. The molecule has 20 heavy (non-hydrogen) atoms. The summed E-state index contributed by atoms with van der Waals surface area (Å²) >= 11 is 0. The van der Waals surface area contributed by atoms with Gasteiger partial charge in [-0.25, -0.2) is 9.48 Å². The maximum atomic E-state index is 10.9. The molecule has 2 heterocycles. The zero-order chi connectivity index (χ0) is 14.7. The minimum atomic E-state index is -0.919. The number of hydrogen-bond donors (Lipinski definition) is 2. The lowest BCUT2D eigenvalue weighted by atomic mass is 10.1. The largest absolute Gasteiger partial charge is 0.465 e. The Morgan fingerprint density at radius 2 is 2.30 bits per heavy atom. The number of nitrogens with one attached hydrogen (secondary N) is 1. The molecule has 9 nitrogen and oxygen atoms in total. The molecular formula is C11H17N5O4. The second kappa shape index (κ2) is 5.76. The Kier molecular flexibility index (Phi) is 4.06. The Labute approximate surface area is 115 Å². The average Bonchev–Trinajstić information content (AvgIpc) is 2.61. The number of hydrogen-bond acceptors (Lipinski definition) is 5. The smallest absolute Gasteiger partial charge is 0.407 e. The van der Waals surface area contributed by atoms with Crippen molar-refractivity contribution >= 4 is 17.6 Å². The van der Waals surface area contributed by atoms with Gasteiger partial charge < -0.3 is 15.3 Å². The summed E-state index contributed by atoms with van der Waals surface area (Å²) < 4.78 is 1.43. The van der Waals surface area contributed by atoms with Crippen LogP contribution in [0.2, 0.25) is 0 Å². The van der Waals surface area contributed by atoms with Crippen LogP contribution in [0.3, 0.4) is 0 Å². The zero-order valence-electron chi connectivity index (χ0n) is 11.2. The van der Waals surface area contributed by atoms with E-state index in [0.29, 0.717) is 25.3 Å². The first-order valence-electron chi connectivity index (χ1n) is 6.40. The van der Waals surface area contributed by atoms with Crippen LogP contribution < -0.4 is 5.32 Å². The Bertz CT molecular complexity index is 515. The maximum Gasteiger partial charge on any atom is 0.407 e. The number of anilines is 1. The number of rotatable bonds is 3. The van der Waals surface area contributed by atoms with Crippen LogP contribution in [0.25, 0.3) is 0 Å². The summed E-state index contributed by atoms with van der Waals surface area (Å²) in [6, 6.07) is 0.00782. The van der Waals surface area contributed by atoms with Crippen LogP contribution in [0.15, 0.2) is 6.20 Å². The lowest BCUT2D eigenvalue weighted by Crippen LogP contribution is -2.31. The Morgan fingerprint density at radius 1 is 1.55 bits per heavy atom. The molecule has 1 aliphatic heterocycles. The Morgan fingerprint density at radius 3 is 2.95 bits per heavy atom. The highest BCUT2D eigenvalue weighted by Crippen LogP contribution is 2.25. The van der Waals surface area contributed by atoms with Crippen LogP contribution in [-0.4, -0.2) is 49.9 Å². The molecular weight excluding hydrogens is 266 g/mol. The fraction of sp³-hybridized carbons (Fsp3) is 0.636. The Hall–Kier alpha value is -2.32. The van der Waals surface area contributed by atoms with Gasteiger partial charge in [-0.15, -0.1) is 0 Å². The summed E-state index contributed by atoms with van der Waals surface area (Å²) in [6.45, 7) is 0.930. The van der Waals surface area contributed by atoms with Crippen molar-refractivity contribution in [1.82, 2.24) is 14.7 Å². The van der Waals surface area contributed by atoms with E-state index in [0.717, 1.165) is 12.8 Å². The van der Waals surface area contributed by atoms with Gasteiger partial charge in [0.2, 0.25) is 5.82 Å². The molecule has 1 aromatic heterocycles. The lowest BCUT2D eigenvalue weighted by Gasteiger charge is -2.18. The number of amides is 1. The van der Waals surface area contributed by atoms with Crippen LogP contribution in [0.5, 0.6) is 0 Å². The van der Waals surface area contributed by atoms with Crippen molar-refractivity contribution in [3.63, 3.8) is 0 Å². The molecule has 110 valence electrons. The number of carboxylic acid groups (broad SMARTS) is 1. The maximum absolute atomic E-state index is 10.9. The highest BCUT2D eigenvalue weighted by Gasteiger charge is 2.24. The summed E-state index contributed by atoms with van der Waals surface area (Å²) in [5.41, 5.74) is -0.0631. The van der Waals surface area contributed by atoms with Crippen molar-refractivity contribution in [3.05, 3.63) is 16.3 Å². The van der Waals surface area contributed by atoms with Crippen LogP contribution in [0.1, 0.15) is 19.3 Å². The normalized spacial score (nSPS) is 19.4. The van der Waals surface area contributed by atoms with Gasteiger partial charge in [0.1, 0.15) is 6.20 Å². The molecule has 0 aliphatic carbocycles. The third kappa shape index (κ3) is 2.98. The van der Waals surface area contributed by atoms with Gasteiger partial charge >= 0.3 is 11.8 Å². The first kappa shape index (κ1) is 14.1. The molecule has 1 aromatic rings. The first-order chi connectivity index (χ1) is 9.49. The summed E-state index contributed by atoms with van der Waals surface area (Å²) in [4.78, 5) is 22.7. The molecule has 1 amide bonds. The monoisotopic (exact) mass is 283 g/mol. The van der Waals surface area contributed by atoms with Crippen LogP contribution in [0, 0.1) is 10.1 Å². The highest BCUT2D eigenvalue weighted by molar-refractivity contribution is 5.65. The van der Waals surface area contributed by atoms with Crippen LogP contribution in [0.4, 0.5) is 16.3 Å². The molecule has 2 N–H and O–H groups in total. The molecule has 0 aromatic carbocycles. The number of likely N-dealkylation sites (tertiary alicyclic amines) is 1. The quantitative estimate of drug-likeness (QED) is 0.638. The van der Waals surface area contributed by atoms with E-state index in [1.165, 1.54) is 15.8 Å². The van der Waals surface area contributed by atoms with E-state index in [1.54, 1.807) is 7.05 Å². The minimum Gasteiger partial charge on any atom is -0.465 e. The molecule has 1 aliphatic rings. The van der Waals surface area contributed by atoms with Gasteiger partial charge in [0, 0.05) is 26.2 Å². The van der Waals surface area contributed by atoms with E-state index in [1.807, 2.05) is 0 Å². The molecule has 0 radical (unpaired) electrons. The van der Waals surface area contributed by atoms with Gasteiger partial charge in [0.25, 0.3) is 0 Å². The predicted molar refractivity (Wildman–Crippen MR) is 70.7 cm³/mol. The molecule has 1 saturated heterocycles. The standard InChI is InChI=1S/C11H17N5O4/c1-14-10(9(7-12-14)16(19)20)13-8-3-2-5-15(6-4-8)11(17)18/h7-8,13H,2-6H2,1H3,(H,17,18). The molecule has 0 bridgehead atoms. The molecule has 1 fully saturated rings. The third-order valence-corrected chi connectivity index (χ3v) is 3.46. The van der Waals surface area contributed by atoms with Gasteiger partial charge in [-0.05, 0) is 19.3 Å². The van der Waals surface area contributed by atoms with Crippen molar-refractivity contribution in [2.75, 3.05) is 18.4 Å². The van der Waals surface area contributed by atoms with Gasteiger partial charge in [0.05, 0.1) is 4.92 Å². The fourth-order valence-electron chi connectivity index (χ4n) is 2.35. The number of carbonyl (C=O) groups is 1. The van der Waals surface area contributed by atoms with Crippen LogP contribution >= 0.6 is 0 Å². The van der Waals surface area contributed by atoms with Gasteiger partial charge in [-0.2, -0.15) is 5.10 Å². The molecule has 0 spiro atoms. The molecule has 1 unspecified atom stereocenters. The summed E-state index contributed by atoms with van der Waals surface area (Å²) in [6.07, 6.45) is 2.41. The fourth-order valence-corrected chi connectivity index (χ4v) is 2.35. The summed E-state index contributed by atoms with van der Waals surface area (Å²) in [5, 5.41) is 26.9. The first-order valence-corrected chi connectivity index (χ1v) is 6.40. The average molecular weight is 283 g/mol. The molecule has 1 atom stereocenters. The van der Waals surface area contributed by atoms with Crippen molar-refractivity contribution < 1.29 is 14.8 Å². The van der Waals surface area contributed by atoms with Crippen molar-refractivity contribution in [1.29, 1.82) is 0 Å². The SMILES string of the molecule is Cn1ncc([N+](=O)[O-])c1NC1CCCN(C(=O)O)CC1. The van der Waals surface area contributed by atoms with Crippen molar-refractivity contribution in [2.24, 2.45) is 7.05 Å². The second-order valence-electron chi connectivity index (χ2n) is 4.80. The zero-order valence-corrected chi connectivity index (χ0v) is 11.2. The lowest BCUT2D eigenvalue weighted by molar-refractivity contribution is -0.384. The Balaban J connectivity index is 2.05. The van der Waals surface area contributed by atoms with Gasteiger partial charge in [-0.1, -0.05) is 0 Å². The topological polar surface area (TPSA) is 114 Å². The van der Waals surface area contributed by atoms with E-state index >= 15 is 0 Å². The second-order valence-corrected chi connectivity index (χ2v) is 4.80. The molecule has 2 rings (SSSR count). The van der Waals surface area contributed by atoms with E-state index in [-0.39, 0.29) is 11.7 Å². The third-order valence-electron chi connectivity index (χ3n) is 3.46. The van der Waals surface area contributed by atoms with Gasteiger partial charge in [0.15, 0.2) is 0 Å². The van der Waals surface area contributed by atoms with Gasteiger partial charge in [-0.3, -0.25) is 10.1 Å². The number of aryl methyl sites for hydroxylation is 1. The number of nitrogens with zero attached hydrogens (tertiary/aromatic N) is 4. The van der Waals surface area contributed by atoms with E-state index in [2.05, 4.69) is 10.4 Å². The molecule has 9 heteroatoms. The van der Waals surface area contributed by atoms with Crippen molar-refractivity contribution in [2.45, 2.75) is 25.3 Å². The number of nitro groups is 1. The predicted octanol–water partition coefficient (Wildman–Crippen LogP) is 1.27. The molecule has 0 saturated carbocycles. The van der Waals surface area contributed by atoms with Crippen LogP contribution in [-0.2, 0) is 7.05 Å². The minimum absolute atomic E-state index is 0.00782. The van der Waals surface area contributed by atoms with Crippen molar-refractivity contribution in [3.8, 4) is 0 Å². The van der Waals surface area contributed by atoms with E-state index in [4.69, 9.17) is 5.11 Å². The van der Waals surface area contributed by atoms with E-state index in [9.17, 15) is 14.9 Å². The summed E-state index contributed by atoms with van der Waals surface area (Å²) in [7, 11) is 1.63.